The molecule has 0 aliphatic rings. The molecule has 7 nitrogen and oxygen atoms in total. The van der Waals surface area contributed by atoms with E-state index in [1.54, 1.807) is 24.3 Å². The van der Waals surface area contributed by atoms with Crippen LogP contribution in [0, 0.1) is 13.8 Å². The molecule has 1 aromatic heterocycles. The van der Waals surface area contributed by atoms with Crippen LogP contribution in [0.1, 0.15) is 28.5 Å². The SMILES string of the molecule is CCOc1ccc(OCCNC(=O)COC(=O)c2ccc3[nH]c(C)c(C)c3c2)cc1. The Labute approximate surface area is 175 Å². The molecule has 2 N–H and O–H groups in total. The van der Waals surface area contributed by atoms with Crippen LogP contribution >= 0.6 is 0 Å². The maximum absolute atomic E-state index is 12.3. The molecule has 0 aliphatic carbocycles. The van der Waals surface area contributed by atoms with Crippen LogP contribution in [0.4, 0.5) is 0 Å². The van der Waals surface area contributed by atoms with Gasteiger partial charge < -0.3 is 24.5 Å². The molecular weight excluding hydrogens is 384 g/mol. The van der Waals surface area contributed by atoms with Gasteiger partial charge >= 0.3 is 5.97 Å². The molecule has 0 unspecified atom stereocenters. The molecule has 0 atom stereocenters. The standard InChI is InChI=1S/C23H26N2O5/c1-4-28-18-6-8-19(9-7-18)29-12-11-24-22(26)14-30-23(27)17-5-10-21-20(13-17)15(2)16(3)25-21/h5-10,13,25H,4,11-12,14H2,1-3H3,(H,24,26). The van der Waals surface area contributed by atoms with E-state index in [0.717, 1.165) is 27.9 Å². The second-order valence-electron chi connectivity index (χ2n) is 6.81. The predicted octanol–water partition coefficient (Wildman–Crippen LogP) is 3.54. The van der Waals surface area contributed by atoms with Crippen molar-refractivity contribution in [3.05, 3.63) is 59.3 Å². The van der Waals surface area contributed by atoms with Crippen LogP contribution in [0.25, 0.3) is 10.9 Å². The lowest BCUT2D eigenvalue weighted by molar-refractivity contribution is -0.124. The molecule has 0 radical (unpaired) electrons. The molecule has 3 rings (SSSR count). The lowest BCUT2D eigenvalue weighted by atomic mass is 10.1. The predicted molar refractivity (Wildman–Crippen MR) is 114 cm³/mol. The highest BCUT2D eigenvalue weighted by atomic mass is 16.5. The molecule has 3 aromatic rings. The Bertz CT molecular complexity index is 1020. The largest absolute Gasteiger partial charge is 0.494 e. The Balaban J connectivity index is 1.40. The van der Waals surface area contributed by atoms with E-state index >= 15 is 0 Å². The van der Waals surface area contributed by atoms with Gasteiger partial charge in [0.1, 0.15) is 18.1 Å². The van der Waals surface area contributed by atoms with Crippen molar-refractivity contribution in [2.75, 3.05) is 26.4 Å². The van der Waals surface area contributed by atoms with Gasteiger partial charge in [-0.3, -0.25) is 4.79 Å². The number of nitrogens with one attached hydrogen (secondary N) is 2. The van der Waals surface area contributed by atoms with Crippen LogP contribution < -0.4 is 14.8 Å². The summed E-state index contributed by atoms with van der Waals surface area (Å²) in [6.07, 6.45) is 0. The van der Waals surface area contributed by atoms with Gasteiger partial charge in [0.2, 0.25) is 0 Å². The summed E-state index contributed by atoms with van der Waals surface area (Å²) < 4.78 is 16.0. The van der Waals surface area contributed by atoms with Crippen LogP contribution in [-0.2, 0) is 9.53 Å². The summed E-state index contributed by atoms with van der Waals surface area (Å²) in [7, 11) is 0. The molecule has 158 valence electrons. The quantitative estimate of drug-likeness (QED) is 0.416. The maximum atomic E-state index is 12.3. The highest BCUT2D eigenvalue weighted by Gasteiger charge is 2.13. The molecule has 0 aliphatic heterocycles. The fraction of sp³-hybridized carbons (Fsp3) is 0.304. The molecule has 0 saturated heterocycles. The van der Waals surface area contributed by atoms with Gasteiger partial charge in [0.25, 0.3) is 5.91 Å². The minimum atomic E-state index is -0.532. The number of rotatable bonds is 9. The van der Waals surface area contributed by atoms with E-state index in [2.05, 4.69) is 10.3 Å². The minimum Gasteiger partial charge on any atom is -0.494 e. The van der Waals surface area contributed by atoms with Gasteiger partial charge in [0.15, 0.2) is 6.61 Å². The van der Waals surface area contributed by atoms with Gasteiger partial charge in [-0.1, -0.05) is 0 Å². The van der Waals surface area contributed by atoms with Gasteiger partial charge in [0, 0.05) is 16.6 Å². The Kier molecular flexibility index (Phi) is 6.95. The Morgan fingerprint density at radius 2 is 1.70 bits per heavy atom. The highest BCUT2D eigenvalue weighted by Crippen LogP contribution is 2.22. The Hall–Kier alpha value is -3.48. The first kappa shape index (κ1) is 21.2. The zero-order valence-electron chi connectivity index (χ0n) is 17.4. The number of hydrogen-bond acceptors (Lipinski definition) is 5. The Morgan fingerprint density at radius 3 is 2.40 bits per heavy atom. The van der Waals surface area contributed by atoms with Gasteiger partial charge in [-0.2, -0.15) is 0 Å². The molecule has 0 bridgehead atoms. The first-order chi connectivity index (χ1) is 14.5. The van der Waals surface area contributed by atoms with Crippen molar-refractivity contribution in [1.82, 2.24) is 10.3 Å². The van der Waals surface area contributed by atoms with E-state index in [-0.39, 0.29) is 12.5 Å². The third-order valence-corrected chi connectivity index (χ3v) is 4.71. The number of aromatic nitrogens is 1. The smallest absolute Gasteiger partial charge is 0.338 e. The van der Waals surface area contributed by atoms with Crippen molar-refractivity contribution >= 4 is 22.8 Å². The van der Waals surface area contributed by atoms with E-state index in [9.17, 15) is 9.59 Å². The van der Waals surface area contributed by atoms with Crippen LogP contribution in [0.3, 0.4) is 0 Å². The van der Waals surface area contributed by atoms with Crippen molar-refractivity contribution in [3.63, 3.8) is 0 Å². The molecule has 1 amide bonds. The second-order valence-corrected chi connectivity index (χ2v) is 6.81. The fourth-order valence-corrected chi connectivity index (χ4v) is 3.01. The average molecular weight is 410 g/mol. The first-order valence-corrected chi connectivity index (χ1v) is 9.86. The van der Waals surface area contributed by atoms with Crippen LogP contribution in [0.2, 0.25) is 0 Å². The number of benzene rings is 2. The molecule has 7 heteroatoms. The molecule has 0 spiro atoms. The first-order valence-electron chi connectivity index (χ1n) is 9.86. The van der Waals surface area contributed by atoms with Crippen molar-refractivity contribution in [1.29, 1.82) is 0 Å². The minimum absolute atomic E-state index is 0.302. The topological polar surface area (TPSA) is 89.7 Å². The number of aryl methyl sites for hydroxylation is 2. The number of carbonyl (C=O) groups is 2. The summed E-state index contributed by atoms with van der Waals surface area (Å²) in [5.74, 6) is 0.551. The van der Waals surface area contributed by atoms with Gasteiger partial charge in [-0.25, -0.2) is 4.79 Å². The van der Waals surface area contributed by atoms with Crippen molar-refractivity contribution in [3.8, 4) is 11.5 Å². The zero-order valence-corrected chi connectivity index (χ0v) is 17.4. The number of fused-ring (bicyclic) bond motifs is 1. The number of ether oxygens (including phenoxy) is 3. The summed E-state index contributed by atoms with van der Waals surface area (Å²) in [6, 6.07) is 12.6. The number of aromatic amines is 1. The Morgan fingerprint density at radius 1 is 1.00 bits per heavy atom. The van der Waals surface area contributed by atoms with Crippen molar-refractivity contribution < 1.29 is 23.8 Å². The van der Waals surface area contributed by atoms with Crippen LogP contribution in [0.15, 0.2) is 42.5 Å². The molecule has 30 heavy (non-hydrogen) atoms. The van der Waals surface area contributed by atoms with Crippen LogP contribution in [-0.4, -0.2) is 43.2 Å². The lowest BCUT2D eigenvalue weighted by Crippen LogP contribution is -2.32. The highest BCUT2D eigenvalue weighted by molar-refractivity contribution is 5.96. The summed E-state index contributed by atoms with van der Waals surface area (Å²) in [6.45, 7) is 6.77. The van der Waals surface area contributed by atoms with Crippen molar-refractivity contribution in [2.24, 2.45) is 0 Å². The number of hydrogen-bond donors (Lipinski definition) is 2. The third kappa shape index (κ3) is 5.31. The zero-order chi connectivity index (χ0) is 21.5. The number of esters is 1. The maximum Gasteiger partial charge on any atom is 0.338 e. The average Bonchev–Trinajstić information content (AvgIpc) is 3.04. The summed E-state index contributed by atoms with van der Waals surface area (Å²) in [5, 5.41) is 3.63. The molecular formula is C23H26N2O5. The number of H-pyrrole nitrogens is 1. The molecule has 0 saturated carbocycles. The monoisotopic (exact) mass is 410 g/mol. The normalized spacial score (nSPS) is 10.6. The lowest BCUT2D eigenvalue weighted by Gasteiger charge is -2.09. The van der Waals surface area contributed by atoms with Crippen LogP contribution in [0.5, 0.6) is 11.5 Å². The molecule has 1 heterocycles. The van der Waals surface area contributed by atoms with Crippen molar-refractivity contribution in [2.45, 2.75) is 20.8 Å². The molecule has 2 aromatic carbocycles. The number of carbonyl (C=O) groups excluding carboxylic acids is 2. The van der Waals surface area contributed by atoms with E-state index in [1.165, 1.54) is 0 Å². The fourth-order valence-electron chi connectivity index (χ4n) is 3.01. The van der Waals surface area contributed by atoms with Gasteiger partial charge in [0.05, 0.1) is 18.7 Å². The van der Waals surface area contributed by atoms with E-state index in [1.807, 2.05) is 39.0 Å². The van der Waals surface area contributed by atoms with Gasteiger partial charge in [-0.05, 0) is 68.8 Å². The number of amides is 1. The molecule has 0 fully saturated rings. The third-order valence-electron chi connectivity index (χ3n) is 4.71. The van der Waals surface area contributed by atoms with E-state index in [0.29, 0.717) is 31.1 Å². The summed E-state index contributed by atoms with van der Waals surface area (Å²) in [4.78, 5) is 27.4. The van der Waals surface area contributed by atoms with E-state index in [4.69, 9.17) is 14.2 Å². The van der Waals surface area contributed by atoms with Gasteiger partial charge in [-0.15, -0.1) is 0 Å². The summed E-state index contributed by atoms with van der Waals surface area (Å²) in [5.41, 5.74) is 3.52. The second kappa shape index (κ2) is 9.82. The van der Waals surface area contributed by atoms with E-state index < -0.39 is 5.97 Å². The summed E-state index contributed by atoms with van der Waals surface area (Å²) >= 11 is 0.